The average Bonchev–Trinajstić information content (AvgIpc) is 2.48. The minimum atomic E-state index is -0.163. The smallest absolute Gasteiger partial charge is 0.0491 e. The van der Waals surface area contributed by atoms with Crippen molar-refractivity contribution in [3.8, 4) is 0 Å². The largest absolute Gasteiger partial charge is 0.323 e. The minimum absolute atomic E-state index is 0.163. The van der Waals surface area contributed by atoms with Crippen LogP contribution in [0.25, 0.3) is 0 Å². The fraction of sp³-hybridized carbons (Fsp3) is 0.250. The molecule has 2 aromatic carbocycles. The number of nitrogens with one attached hydrogen (secondary N) is 1. The highest BCUT2D eigenvalue weighted by Crippen LogP contribution is 2.23. The van der Waals surface area contributed by atoms with Gasteiger partial charge in [-0.2, -0.15) is 0 Å². The highest BCUT2D eigenvalue weighted by atomic mass is 14.8. The van der Waals surface area contributed by atoms with Gasteiger partial charge in [0.05, 0.1) is 0 Å². The zero-order valence-corrected chi connectivity index (χ0v) is 11.6. The predicted octanol–water partition coefficient (Wildman–Crippen LogP) is 2.22. The molecule has 2 atom stereocenters. The van der Waals surface area contributed by atoms with Crippen LogP contribution in [0, 0.1) is 0 Å². The highest BCUT2D eigenvalue weighted by Gasteiger charge is 2.16. The van der Waals surface area contributed by atoms with Gasteiger partial charge in [0.25, 0.3) is 0 Å². The molecule has 0 heterocycles. The van der Waals surface area contributed by atoms with E-state index in [1.54, 1.807) is 0 Å². The highest BCUT2D eigenvalue weighted by molar-refractivity contribution is 5.26. The van der Waals surface area contributed by atoms with Crippen LogP contribution in [0.15, 0.2) is 60.7 Å². The fourth-order valence-electron chi connectivity index (χ4n) is 1.77. The topological polar surface area (TPSA) is 64.1 Å². The Balaban J connectivity index is 0.000000550. The third-order valence-corrected chi connectivity index (χ3v) is 2.76. The lowest BCUT2D eigenvalue weighted by Gasteiger charge is -2.20. The summed E-state index contributed by atoms with van der Waals surface area (Å²) < 4.78 is 0. The van der Waals surface area contributed by atoms with Crippen LogP contribution in [-0.4, -0.2) is 14.1 Å². The molecule has 0 radical (unpaired) electrons. The van der Waals surface area contributed by atoms with Gasteiger partial charge in [-0.25, -0.2) is 0 Å². The zero-order valence-electron chi connectivity index (χ0n) is 11.6. The molecule has 0 unspecified atom stereocenters. The molecule has 5 N–H and O–H groups in total. The van der Waals surface area contributed by atoms with Crippen LogP contribution in [0.2, 0.25) is 0 Å². The van der Waals surface area contributed by atoms with Crippen LogP contribution in [-0.2, 0) is 0 Å². The first-order valence-corrected chi connectivity index (χ1v) is 6.40. The summed E-state index contributed by atoms with van der Waals surface area (Å²) in [6, 6.07) is 19.6. The monoisotopic (exact) mass is 257 g/mol. The summed E-state index contributed by atoms with van der Waals surface area (Å²) in [5.41, 5.74) is 14.4. The van der Waals surface area contributed by atoms with E-state index < -0.39 is 0 Å². The van der Waals surface area contributed by atoms with Gasteiger partial charge in [0, 0.05) is 12.1 Å². The molecule has 0 aromatic heterocycles. The standard InChI is InChI=1S/C14H16N2.C2H7N/c15-13(11-7-3-1-4-8-11)14(16)12-9-5-2-6-10-12;1-3-2/h1-10,13-14H,15-16H2;3H,1-2H3/t13-,14-;/m0./s1. The van der Waals surface area contributed by atoms with Gasteiger partial charge in [0.15, 0.2) is 0 Å². The summed E-state index contributed by atoms with van der Waals surface area (Å²) in [5, 5.41) is 2.75. The van der Waals surface area contributed by atoms with E-state index in [2.05, 4.69) is 5.32 Å². The molecule has 0 amide bonds. The molecule has 0 saturated heterocycles. The van der Waals surface area contributed by atoms with Crippen LogP contribution >= 0.6 is 0 Å². The zero-order chi connectivity index (χ0) is 14.1. The first-order chi connectivity index (χ1) is 9.20. The maximum atomic E-state index is 6.15. The van der Waals surface area contributed by atoms with Crippen molar-refractivity contribution in [2.24, 2.45) is 11.5 Å². The van der Waals surface area contributed by atoms with Gasteiger partial charge in [0.2, 0.25) is 0 Å². The Hall–Kier alpha value is -1.68. The molecule has 0 fully saturated rings. The van der Waals surface area contributed by atoms with Gasteiger partial charge in [0.1, 0.15) is 0 Å². The molecule has 0 spiro atoms. The van der Waals surface area contributed by atoms with Crippen LogP contribution in [0.3, 0.4) is 0 Å². The van der Waals surface area contributed by atoms with Crippen molar-refractivity contribution in [1.82, 2.24) is 5.32 Å². The Bertz CT molecular complexity index is 399. The molecule has 3 heteroatoms. The molecule has 2 aromatic rings. The Morgan fingerprint density at radius 3 is 1.21 bits per heavy atom. The normalized spacial score (nSPS) is 13.1. The second kappa shape index (κ2) is 8.43. The summed E-state index contributed by atoms with van der Waals surface area (Å²) >= 11 is 0. The van der Waals surface area contributed by atoms with Crippen molar-refractivity contribution in [3.63, 3.8) is 0 Å². The molecule has 0 aliphatic carbocycles. The Morgan fingerprint density at radius 2 is 0.947 bits per heavy atom. The molecule has 102 valence electrons. The Morgan fingerprint density at radius 1 is 0.684 bits per heavy atom. The van der Waals surface area contributed by atoms with E-state index in [0.717, 1.165) is 11.1 Å². The number of rotatable bonds is 3. The SMILES string of the molecule is CNC.N[C@@H](c1ccccc1)[C@@H](N)c1ccccc1. The van der Waals surface area contributed by atoms with Gasteiger partial charge >= 0.3 is 0 Å². The second-order valence-electron chi connectivity index (χ2n) is 4.37. The van der Waals surface area contributed by atoms with Gasteiger partial charge in [-0.1, -0.05) is 60.7 Å². The van der Waals surface area contributed by atoms with Crippen molar-refractivity contribution in [3.05, 3.63) is 71.8 Å². The van der Waals surface area contributed by atoms with Crippen LogP contribution < -0.4 is 16.8 Å². The van der Waals surface area contributed by atoms with Gasteiger partial charge in [-0.15, -0.1) is 0 Å². The fourth-order valence-corrected chi connectivity index (χ4v) is 1.77. The lowest BCUT2D eigenvalue weighted by atomic mass is 9.95. The first kappa shape index (κ1) is 15.4. The quantitative estimate of drug-likeness (QED) is 0.790. The number of hydrogen-bond donors (Lipinski definition) is 3. The van der Waals surface area contributed by atoms with Crippen LogP contribution in [0.1, 0.15) is 23.2 Å². The number of nitrogens with two attached hydrogens (primary N) is 2. The summed E-state index contributed by atoms with van der Waals surface area (Å²) in [5.74, 6) is 0. The van der Waals surface area contributed by atoms with E-state index >= 15 is 0 Å². The molecule has 0 aliphatic rings. The third-order valence-electron chi connectivity index (χ3n) is 2.76. The number of hydrogen-bond acceptors (Lipinski definition) is 3. The predicted molar refractivity (Wildman–Crippen MR) is 81.7 cm³/mol. The van der Waals surface area contributed by atoms with E-state index in [1.165, 1.54) is 0 Å². The molecule has 3 nitrogen and oxygen atoms in total. The second-order valence-corrected chi connectivity index (χ2v) is 4.37. The molecular formula is C16H23N3. The van der Waals surface area contributed by atoms with E-state index in [4.69, 9.17) is 11.5 Å². The summed E-state index contributed by atoms with van der Waals surface area (Å²) in [6.07, 6.45) is 0. The molecule has 0 saturated carbocycles. The van der Waals surface area contributed by atoms with Crippen molar-refractivity contribution < 1.29 is 0 Å². The van der Waals surface area contributed by atoms with E-state index in [0.29, 0.717) is 0 Å². The summed E-state index contributed by atoms with van der Waals surface area (Å²) in [6.45, 7) is 0. The van der Waals surface area contributed by atoms with Gasteiger partial charge in [-0.05, 0) is 25.2 Å². The van der Waals surface area contributed by atoms with Crippen LogP contribution in [0.5, 0.6) is 0 Å². The lowest BCUT2D eigenvalue weighted by Crippen LogP contribution is -2.26. The number of benzene rings is 2. The molecule has 0 bridgehead atoms. The molecule has 0 aliphatic heterocycles. The van der Waals surface area contributed by atoms with Crippen molar-refractivity contribution in [1.29, 1.82) is 0 Å². The summed E-state index contributed by atoms with van der Waals surface area (Å²) in [7, 11) is 3.75. The van der Waals surface area contributed by atoms with Gasteiger partial charge in [-0.3, -0.25) is 0 Å². The van der Waals surface area contributed by atoms with Crippen molar-refractivity contribution in [2.75, 3.05) is 14.1 Å². The van der Waals surface area contributed by atoms with Crippen molar-refractivity contribution >= 4 is 0 Å². The van der Waals surface area contributed by atoms with Crippen LogP contribution in [0.4, 0.5) is 0 Å². The summed E-state index contributed by atoms with van der Waals surface area (Å²) in [4.78, 5) is 0. The van der Waals surface area contributed by atoms with E-state index in [1.807, 2.05) is 74.8 Å². The maximum absolute atomic E-state index is 6.15. The first-order valence-electron chi connectivity index (χ1n) is 6.40. The minimum Gasteiger partial charge on any atom is -0.323 e. The lowest BCUT2D eigenvalue weighted by molar-refractivity contribution is 0.574. The average molecular weight is 257 g/mol. The van der Waals surface area contributed by atoms with Gasteiger partial charge < -0.3 is 16.8 Å². The Kier molecular flexibility index (Phi) is 6.82. The van der Waals surface area contributed by atoms with Crippen molar-refractivity contribution in [2.45, 2.75) is 12.1 Å². The molecule has 19 heavy (non-hydrogen) atoms. The van der Waals surface area contributed by atoms with E-state index in [9.17, 15) is 0 Å². The maximum Gasteiger partial charge on any atom is 0.0491 e. The van der Waals surface area contributed by atoms with E-state index in [-0.39, 0.29) is 12.1 Å². The third kappa shape index (κ3) is 4.83. The Labute approximate surface area is 115 Å². The molecular weight excluding hydrogens is 234 g/mol. The molecule has 2 rings (SSSR count).